The summed E-state index contributed by atoms with van der Waals surface area (Å²) in [6.45, 7) is 20.4. The third kappa shape index (κ3) is 5.91. The summed E-state index contributed by atoms with van der Waals surface area (Å²) >= 11 is 0. The number of ether oxygens (including phenoxy) is 3. The maximum atomic E-state index is 14.0. The van der Waals surface area contributed by atoms with Crippen LogP contribution in [0.15, 0.2) is 30.5 Å². The van der Waals surface area contributed by atoms with E-state index in [1.54, 1.807) is 0 Å². The van der Waals surface area contributed by atoms with Gasteiger partial charge in [0, 0.05) is 12.6 Å². The van der Waals surface area contributed by atoms with Gasteiger partial charge in [-0.2, -0.15) is 5.10 Å². The van der Waals surface area contributed by atoms with Crippen molar-refractivity contribution < 1.29 is 28.6 Å². The second kappa shape index (κ2) is 13.5. The van der Waals surface area contributed by atoms with E-state index in [1.165, 1.54) is 16.8 Å². The fourth-order valence-corrected chi connectivity index (χ4v) is 9.18. The Hall–Kier alpha value is -5.12. The molecule has 3 fully saturated rings. The highest BCUT2D eigenvalue weighted by molar-refractivity contribution is 6.05. The smallest absolute Gasteiger partial charge is 0.361 e. The van der Waals surface area contributed by atoms with E-state index >= 15 is 0 Å². The lowest BCUT2D eigenvalue weighted by molar-refractivity contribution is -0.176. The number of fused-ring (bicyclic) bond motifs is 1. The Morgan fingerprint density at radius 3 is 2.42 bits per heavy atom. The molecule has 1 spiro atoms. The highest BCUT2D eigenvalue weighted by Gasteiger charge is 2.67. The second-order valence-corrected chi connectivity index (χ2v) is 15.5. The van der Waals surface area contributed by atoms with Crippen LogP contribution in [0.3, 0.4) is 0 Å². The summed E-state index contributed by atoms with van der Waals surface area (Å²) in [5, 5.41) is 12.9. The van der Waals surface area contributed by atoms with Crippen molar-refractivity contribution in [2.45, 2.75) is 110 Å². The van der Waals surface area contributed by atoms with Crippen molar-refractivity contribution in [2.24, 2.45) is 23.7 Å². The molecule has 52 heavy (non-hydrogen) atoms. The number of β-lactam (4-membered cyclic amide) rings is 1. The lowest BCUT2D eigenvalue weighted by atomic mass is 9.60. The molecule has 1 amide bonds. The number of benzene rings is 1. The van der Waals surface area contributed by atoms with E-state index in [0.29, 0.717) is 24.6 Å². The molecule has 274 valence electrons. The molecule has 3 N–H and O–H groups in total. The van der Waals surface area contributed by atoms with E-state index in [9.17, 15) is 14.4 Å². The molecule has 13 nitrogen and oxygen atoms in total. The zero-order valence-electron chi connectivity index (χ0n) is 30.7. The van der Waals surface area contributed by atoms with Crippen molar-refractivity contribution in [3.63, 3.8) is 0 Å². The predicted octanol–water partition coefficient (Wildman–Crippen LogP) is 6.83. The SMILES string of the molecule is [C-]#[N+]c1c(C(=O)OC2C(C)CC(C)CC2C)c2nc(CC3CCC4(CC3)NC(=O)C4(CC)Oc3ccc(C)cc3C)[nH]n2c1OC(=O)c1ccn[nH]1. The summed E-state index contributed by atoms with van der Waals surface area (Å²) in [4.78, 5) is 48.7. The average molecular weight is 710 g/mol. The van der Waals surface area contributed by atoms with Crippen LogP contribution in [-0.4, -0.2) is 59.9 Å². The molecule has 4 heterocycles. The molecular formula is C39H47N7O6. The van der Waals surface area contributed by atoms with E-state index in [2.05, 4.69) is 52.3 Å². The fraction of sp³-hybridized carbons (Fsp3) is 0.538. The molecule has 7 rings (SSSR count). The third-order valence-corrected chi connectivity index (χ3v) is 11.7. The van der Waals surface area contributed by atoms with Crippen LogP contribution in [-0.2, 0) is 16.0 Å². The van der Waals surface area contributed by atoms with Gasteiger partial charge in [0.25, 0.3) is 11.6 Å². The lowest BCUT2D eigenvalue weighted by Gasteiger charge is -2.59. The highest BCUT2D eigenvalue weighted by Crippen LogP contribution is 2.50. The minimum atomic E-state index is -0.941. The van der Waals surface area contributed by atoms with Crippen molar-refractivity contribution in [3.8, 4) is 11.6 Å². The van der Waals surface area contributed by atoms with Gasteiger partial charge in [-0.3, -0.25) is 15.0 Å². The van der Waals surface area contributed by atoms with Crippen molar-refractivity contribution in [3.05, 3.63) is 70.1 Å². The molecule has 1 saturated heterocycles. The Morgan fingerprint density at radius 2 is 1.81 bits per heavy atom. The van der Waals surface area contributed by atoms with Gasteiger partial charge in [0.05, 0.1) is 12.1 Å². The molecular weight excluding hydrogens is 662 g/mol. The zero-order valence-corrected chi connectivity index (χ0v) is 30.7. The topological polar surface area (TPSA) is 157 Å². The molecule has 1 aliphatic heterocycles. The molecule has 0 radical (unpaired) electrons. The number of esters is 2. The largest absolute Gasteiger partial charge is 0.475 e. The van der Waals surface area contributed by atoms with Gasteiger partial charge < -0.3 is 19.5 Å². The van der Waals surface area contributed by atoms with Gasteiger partial charge in [-0.25, -0.2) is 23.9 Å². The van der Waals surface area contributed by atoms with Crippen LogP contribution in [0.1, 0.15) is 110 Å². The number of H-pyrrole nitrogens is 2. The Kier molecular flexibility index (Phi) is 9.13. The van der Waals surface area contributed by atoms with Crippen LogP contribution in [0.2, 0.25) is 0 Å². The van der Waals surface area contributed by atoms with E-state index in [1.807, 2.05) is 32.9 Å². The number of amides is 1. The first-order chi connectivity index (χ1) is 24.9. The molecule has 3 aliphatic rings. The number of nitrogens with zero attached hydrogens (tertiary/aromatic N) is 4. The van der Waals surface area contributed by atoms with Crippen LogP contribution in [0.5, 0.6) is 11.6 Å². The van der Waals surface area contributed by atoms with Gasteiger partial charge in [-0.05, 0) is 100 Å². The number of aryl methyl sites for hydroxylation is 2. The van der Waals surface area contributed by atoms with Gasteiger partial charge in [0.1, 0.15) is 28.9 Å². The first-order valence-electron chi connectivity index (χ1n) is 18.4. The number of aromatic amines is 2. The molecule has 3 atom stereocenters. The van der Waals surface area contributed by atoms with Gasteiger partial charge in [-0.1, -0.05) is 45.4 Å². The quantitative estimate of drug-likeness (QED) is 0.0970. The number of nitrogens with one attached hydrogen (secondary N) is 3. The summed E-state index contributed by atoms with van der Waals surface area (Å²) in [5.41, 5.74) is 0.826. The van der Waals surface area contributed by atoms with E-state index in [0.717, 1.165) is 55.4 Å². The Labute approximate surface area is 303 Å². The predicted molar refractivity (Wildman–Crippen MR) is 191 cm³/mol. The fourth-order valence-electron chi connectivity index (χ4n) is 9.18. The third-order valence-electron chi connectivity index (χ3n) is 11.7. The second-order valence-electron chi connectivity index (χ2n) is 15.5. The maximum absolute atomic E-state index is 14.0. The number of carbonyl (C=O) groups excluding carboxylic acids is 3. The summed E-state index contributed by atoms with van der Waals surface area (Å²) in [7, 11) is 0. The van der Waals surface area contributed by atoms with E-state index in [4.69, 9.17) is 25.8 Å². The van der Waals surface area contributed by atoms with Crippen LogP contribution >= 0.6 is 0 Å². The Balaban J connectivity index is 1.14. The lowest BCUT2D eigenvalue weighted by Crippen LogP contribution is -2.84. The van der Waals surface area contributed by atoms with E-state index < -0.39 is 23.1 Å². The van der Waals surface area contributed by atoms with Crippen molar-refractivity contribution in [1.29, 1.82) is 0 Å². The molecule has 3 aromatic heterocycles. The van der Waals surface area contributed by atoms with Gasteiger partial charge >= 0.3 is 11.9 Å². The van der Waals surface area contributed by atoms with Crippen LogP contribution in [0.25, 0.3) is 10.5 Å². The Bertz CT molecular complexity index is 2040. The van der Waals surface area contributed by atoms with E-state index in [-0.39, 0.29) is 58.2 Å². The normalized spacial score (nSPS) is 28.6. The summed E-state index contributed by atoms with van der Waals surface area (Å²) in [6, 6.07) is 7.49. The van der Waals surface area contributed by atoms with Gasteiger partial charge in [-0.15, -0.1) is 0 Å². The van der Waals surface area contributed by atoms with Crippen LogP contribution < -0.4 is 14.8 Å². The van der Waals surface area contributed by atoms with Gasteiger partial charge in [0.15, 0.2) is 5.65 Å². The molecule has 13 heteroatoms. The zero-order chi connectivity index (χ0) is 36.9. The number of carbonyl (C=O) groups is 3. The Morgan fingerprint density at radius 1 is 1.08 bits per heavy atom. The summed E-state index contributed by atoms with van der Waals surface area (Å²) in [6.07, 6.45) is 7.19. The molecule has 2 saturated carbocycles. The number of hydrogen-bond donors (Lipinski definition) is 3. The number of aromatic nitrogens is 5. The van der Waals surface area contributed by atoms with Crippen molar-refractivity contribution in [2.75, 3.05) is 0 Å². The minimum absolute atomic E-state index is 0.0287. The van der Waals surface area contributed by atoms with Crippen molar-refractivity contribution >= 4 is 29.2 Å². The molecule has 2 aliphatic carbocycles. The first kappa shape index (κ1) is 35.3. The number of hydrogen-bond acceptors (Lipinski definition) is 8. The van der Waals surface area contributed by atoms with Crippen molar-refractivity contribution in [1.82, 2.24) is 30.1 Å². The molecule has 3 unspecified atom stereocenters. The first-order valence-corrected chi connectivity index (χ1v) is 18.4. The minimum Gasteiger partial charge on any atom is -0.475 e. The summed E-state index contributed by atoms with van der Waals surface area (Å²) in [5.74, 6) is 0.725. The average Bonchev–Trinajstić information content (AvgIpc) is 3.84. The summed E-state index contributed by atoms with van der Waals surface area (Å²) < 4.78 is 19.9. The van der Waals surface area contributed by atoms with Gasteiger partial charge in [0.2, 0.25) is 11.5 Å². The highest BCUT2D eigenvalue weighted by atomic mass is 16.6. The molecule has 1 aromatic carbocycles. The number of rotatable bonds is 9. The maximum Gasteiger partial charge on any atom is 0.361 e. The van der Waals surface area contributed by atoms with Crippen LogP contribution in [0, 0.1) is 44.1 Å². The monoisotopic (exact) mass is 709 g/mol. The standard InChI is InChI=1S/C39H47N7O6/c1-8-39(52-28-10-9-21(2)17-23(28)4)37(49)43-38(39)14-11-26(12-15-38)20-29-42-33-30(36(48)50-32-24(5)18-22(3)19-25(32)6)31(40-7)34(46(33)45-29)51-35(47)27-13-16-41-44-27/h9-10,13,16-17,22,24-26,32H,8,11-12,14-15,18-20H2,1-6H3,(H,41,44)(H,42,45)(H,43,49). The molecule has 0 bridgehead atoms. The van der Waals surface area contributed by atoms with Crippen LogP contribution in [0.4, 0.5) is 5.69 Å². The molecule has 4 aromatic rings.